The molecule has 0 fully saturated rings. The molecule has 0 aliphatic rings. The number of nitrogen functional groups attached to an aromatic ring is 1. The highest BCUT2D eigenvalue weighted by molar-refractivity contribution is 5.60. The lowest BCUT2D eigenvalue weighted by Crippen LogP contribution is -1.98. The van der Waals surface area contributed by atoms with Crippen molar-refractivity contribution >= 4 is 5.95 Å². The molecular formula is C15H19N3. The maximum Gasteiger partial charge on any atom is 0.220 e. The van der Waals surface area contributed by atoms with E-state index in [-0.39, 0.29) is 0 Å². The second-order valence-electron chi connectivity index (χ2n) is 5.05. The van der Waals surface area contributed by atoms with Crippen molar-refractivity contribution in [1.82, 2.24) is 9.97 Å². The fraction of sp³-hybridized carbons (Fsp3) is 0.333. The van der Waals surface area contributed by atoms with Gasteiger partial charge in [-0.1, -0.05) is 38.1 Å². The van der Waals surface area contributed by atoms with Crippen LogP contribution in [0.3, 0.4) is 0 Å². The number of benzene rings is 1. The molecule has 0 bridgehead atoms. The van der Waals surface area contributed by atoms with Crippen molar-refractivity contribution in [3.05, 3.63) is 41.6 Å². The zero-order valence-electron chi connectivity index (χ0n) is 11.1. The largest absolute Gasteiger partial charge is 0.368 e. The van der Waals surface area contributed by atoms with Crippen molar-refractivity contribution in [3.8, 4) is 11.3 Å². The van der Waals surface area contributed by atoms with Gasteiger partial charge in [-0.05, 0) is 30.9 Å². The Balaban J connectivity index is 2.28. The van der Waals surface area contributed by atoms with Crippen molar-refractivity contribution < 1.29 is 0 Å². The van der Waals surface area contributed by atoms with E-state index >= 15 is 0 Å². The van der Waals surface area contributed by atoms with Crippen LogP contribution in [-0.4, -0.2) is 9.97 Å². The van der Waals surface area contributed by atoms with Gasteiger partial charge in [-0.3, -0.25) is 0 Å². The van der Waals surface area contributed by atoms with E-state index in [1.807, 2.05) is 13.0 Å². The van der Waals surface area contributed by atoms with Crippen LogP contribution in [0.15, 0.2) is 30.3 Å². The molecule has 2 rings (SSSR count). The minimum absolute atomic E-state index is 0.330. The number of aryl methyl sites for hydroxylation is 1. The topological polar surface area (TPSA) is 51.8 Å². The molecule has 0 unspecified atom stereocenters. The van der Waals surface area contributed by atoms with Gasteiger partial charge in [0.2, 0.25) is 5.95 Å². The molecule has 0 atom stereocenters. The van der Waals surface area contributed by atoms with Crippen LogP contribution < -0.4 is 5.73 Å². The fourth-order valence-corrected chi connectivity index (χ4v) is 2.02. The molecule has 0 spiro atoms. The van der Waals surface area contributed by atoms with Crippen molar-refractivity contribution in [2.45, 2.75) is 27.2 Å². The van der Waals surface area contributed by atoms with Crippen molar-refractivity contribution in [1.29, 1.82) is 0 Å². The summed E-state index contributed by atoms with van der Waals surface area (Å²) in [4.78, 5) is 8.34. The maximum absolute atomic E-state index is 5.67. The third kappa shape index (κ3) is 3.06. The van der Waals surface area contributed by atoms with Crippen molar-refractivity contribution in [2.75, 3.05) is 5.73 Å². The van der Waals surface area contributed by atoms with E-state index in [9.17, 15) is 0 Å². The summed E-state index contributed by atoms with van der Waals surface area (Å²) in [7, 11) is 0. The van der Waals surface area contributed by atoms with Gasteiger partial charge in [0.05, 0.1) is 5.69 Å². The summed E-state index contributed by atoms with van der Waals surface area (Å²) in [5.74, 6) is 1.00. The Morgan fingerprint density at radius 2 is 1.78 bits per heavy atom. The summed E-state index contributed by atoms with van der Waals surface area (Å²) in [5.41, 5.74) is 9.89. The number of rotatable bonds is 3. The van der Waals surface area contributed by atoms with Crippen LogP contribution >= 0.6 is 0 Å². The van der Waals surface area contributed by atoms with Crippen LogP contribution in [0.25, 0.3) is 11.3 Å². The predicted molar refractivity (Wildman–Crippen MR) is 75.2 cm³/mol. The van der Waals surface area contributed by atoms with Crippen LogP contribution in [0, 0.1) is 12.8 Å². The average molecular weight is 241 g/mol. The standard InChI is InChI=1S/C15H19N3/c1-10(2)8-12-4-6-13(7-5-12)14-9-11(3)17-15(16)18-14/h4-7,9-10H,8H2,1-3H3,(H2,16,17,18). The average Bonchev–Trinajstić information content (AvgIpc) is 2.27. The molecule has 0 amide bonds. The number of nitrogens with zero attached hydrogens (tertiary/aromatic N) is 2. The van der Waals surface area contributed by atoms with E-state index in [1.165, 1.54) is 5.56 Å². The summed E-state index contributed by atoms with van der Waals surface area (Å²) in [6.07, 6.45) is 1.10. The van der Waals surface area contributed by atoms with E-state index in [0.29, 0.717) is 11.9 Å². The van der Waals surface area contributed by atoms with E-state index < -0.39 is 0 Å². The molecular weight excluding hydrogens is 222 g/mol. The number of aromatic nitrogens is 2. The Bertz CT molecular complexity index is 510. The summed E-state index contributed by atoms with van der Waals surface area (Å²) < 4.78 is 0. The molecule has 0 saturated heterocycles. The molecule has 1 aromatic carbocycles. The first-order chi connectivity index (χ1) is 8.54. The summed E-state index contributed by atoms with van der Waals surface area (Å²) in [6, 6.07) is 10.5. The van der Waals surface area contributed by atoms with Gasteiger partial charge in [0, 0.05) is 11.3 Å². The summed E-state index contributed by atoms with van der Waals surface area (Å²) in [6.45, 7) is 6.37. The lowest BCUT2D eigenvalue weighted by molar-refractivity contribution is 0.647. The van der Waals surface area contributed by atoms with Crippen molar-refractivity contribution in [2.24, 2.45) is 5.92 Å². The third-order valence-corrected chi connectivity index (χ3v) is 2.77. The molecule has 94 valence electrons. The third-order valence-electron chi connectivity index (χ3n) is 2.77. The van der Waals surface area contributed by atoms with Crippen LogP contribution in [0.5, 0.6) is 0 Å². The Morgan fingerprint density at radius 1 is 1.11 bits per heavy atom. The maximum atomic E-state index is 5.67. The Kier molecular flexibility index (Phi) is 3.60. The van der Waals surface area contributed by atoms with Gasteiger partial charge in [0.25, 0.3) is 0 Å². The minimum atomic E-state index is 0.330. The number of nitrogens with two attached hydrogens (primary N) is 1. The van der Waals surface area contributed by atoms with Gasteiger partial charge in [-0.2, -0.15) is 0 Å². The monoisotopic (exact) mass is 241 g/mol. The van der Waals surface area contributed by atoms with Gasteiger partial charge in [-0.25, -0.2) is 9.97 Å². The zero-order valence-corrected chi connectivity index (χ0v) is 11.1. The Morgan fingerprint density at radius 3 is 2.33 bits per heavy atom. The lowest BCUT2D eigenvalue weighted by atomic mass is 10.0. The molecule has 1 aromatic heterocycles. The summed E-state index contributed by atoms with van der Waals surface area (Å²) >= 11 is 0. The van der Waals surface area contributed by atoms with Crippen LogP contribution in [0.2, 0.25) is 0 Å². The molecule has 3 nitrogen and oxygen atoms in total. The van der Waals surface area contributed by atoms with Gasteiger partial charge < -0.3 is 5.73 Å². The van der Waals surface area contributed by atoms with E-state index in [2.05, 4.69) is 48.1 Å². The first-order valence-corrected chi connectivity index (χ1v) is 6.25. The van der Waals surface area contributed by atoms with Crippen LogP contribution in [0.1, 0.15) is 25.1 Å². The molecule has 1 heterocycles. The second-order valence-corrected chi connectivity index (χ2v) is 5.05. The molecule has 18 heavy (non-hydrogen) atoms. The predicted octanol–water partition coefficient (Wildman–Crippen LogP) is 3.23. The SMILES string of the molecule is Cc1cc(-c2ccc(CC(C)C)cc2)nc(N)n1. The molecule has 3 heteroatoms. The van der Waals surface area contributed by atoms with Gasteiger partial charge >= 0.3 is 0 Å². The van der Waals surface area contributed by atoms with E-state index in [1.54, 1.807) is 0 Å². The molecule has 2 N–H and O–H groups in total. The minimum Gasteiger partial charge on any atom is -0.368 e. The fourth-order valence-electron chi connectivity index (χ4n) is 2.02. The van der Waals surface area contributed by atoms with Gasteiger partial charge in [-0.15, -0.1) is 0 Å². The lowest BCUT2D eigenvalue weighted by Gasteiger charge is -2.07. The van der Waals surface area contributed by atoms with Crippen LogP contribution in [0.4, 0.5) is 5.95 Å². The highest BCUT2D eigenvalue weighted by atomic mass is 15.0. The second kappa shape index (κ2) is 5.17. The molecule has 0 saturated carbocycles. The van der Waals surface area contributed by atoms with E-state index in [0.717, 1.165) is 23.4 Å². The molecule has 2 aromatic rings. The quantitative estimate of drug-likeness (QED) is 0.897. The normalized spacial score (nSPS) is 10.9. The van der Waals surface area contributed by atoms with Crippen molar-refractivity contribution in [3.63, 3.8) is 0 Å². The Hall–Kier alpha value is -1.90. The molecule has 0 radical (unpaired) electrons. The highest BCUT2D eigenvalue weighted by Crippen LogP contribution is 2.20. The Labute approximate surface area is 108 Å². The number of hydrogen-bond acceptors (Lipinski definition) is 3. The van der Waals surface area contributed by atoms with E-state index in [4.69, 9.17) is 5.73 Å². The highest BCUT2D eigenvalue weighted by Gasteiger charge is 2.03. The van der Waals surface area contributed by atoms with Crippen LogP contribution in [-0.2, 0) is 6.42 Å². The number of anilines is 1. The smallest absolute Gasteiger partial charge is 0.220 e. The first-order valence-electron chi connectivity index (χ1n) is 6.25. The molecule has 0 aliphatic carbocycles. The van der Waals surface area contributed by atoms with Gasteiger partial charge in [0.15, 0.2) is 0 Å². The first kappa shape index (κ1) is 12.6. The summed E-state index contributed by atoms with van der Waals surface area (Å²) in [5, 5.41) is 0. The number of hydrogen-bond donors (Lipinski definition) is 1. The zero-order chi connectivity index (χ0) is 13.1. The van der Waals surface area contributed by atoms with Gasteiger partial charge in [0.1, 0.15) is 0 Å². The molecule has 0 aliphatic heterocycles.